The lowest BCUT2D eigenvalue weighted by Crippen LogP contribution is -2.01. The van der Waals surface area contributed by atoms with Crippen molar-refractivity contribution < 1.29 is 13.9 Å². The Morgan fingerprint density at radius 1 is 1.10 bits per heavy atom. The molecule has 0 bridgehead atoms. The Balaban J connectivity index is 2.15. The van der Waals surface area contributed by atoms with E-state index >= 15 is 0 Å². The summed E-state index contributed by atoms with van der Waals surface area (Å²) in [6, 6.07) is 10.0. The van der Waals surface area contributed by atoms with Gasteiger partial charge in [-0.25, -0.2) is 4.39 Å². The lowest BCUT2D eigenvalue weighted by Gasteiger charge is -2.13. The van der Waals surface area contributed by atoms with Crippen LogP contribution in [0, 0.1) is 5.82 Å². The van der Waals surface area contributed by atoms with E-state index < -0.39 is 0 Å². The van der Waals surface area contributed by atoms with E-state index in [1.807, 2.05) is 25.1 Å². The quantitative estimate of drug-likeness (QED) is 0.635. The van der Waals surface area contributed by atoms with Crippen LogP contribution in [0.4, 0.5) is 4.39 Å². The first-order valence-electron chi connectivity index (χ1n) is 6.52. The van der Waals surface area contributed by atoms with Crippen LogP contribution in [0.2, 0.25) is 5.02 Å². The maximum atomic E-state index is 13.0. The maximum Gasteiger partial charge on any atom is 0.161 e. The molecule has 2 nitrogen and oxygen atoms in total. The SMILES string of the molecule is CCOc1cc(CBr)ccc1OCc1ccc(F)cc1Cl. The number of ether oxygens (including phenoxy) is 2. The van der Waals surface area contributed by atoms with Crippen molar-refractivity contribution in [3.63, 3.8) is 0 Å². The van der Waals surface area contributed by atoms with E-state index in [2.05, 4.69) is 15.9 Å². The molecule has 0 fully saturated rings. The molecular formula is C16H15BrClFO2. The Labute approximate surface area is 137 Å². The Kier molecular flexibility index (Phi) is 5.88. The maximum absolute atomic E-state index is 13.0. The Bertz CT molecular complexity index is 619. The molecule has 5 heteroatoms. The van der Waals surface area contributed by atoms with Crippen molar-refractivity contribution in [1.29, 1.82) is 0 Å². The average Bonchev–Trinajstić information content (AvgIpc) is 2.47. The van der Waals surface area contributed by atoms with Crippen LogP contribution < -0.4 is 9.47 Å². The van der Waals surface area contributed by atoms with Crippen molar-refractivity contribution in [2.24, 2.45) is 0 Å². The van der Waals surface area contributed by atoms with E-state index in [0.717, 1.165) is 16.5 Å². The second-order valence-electron chi connectivity index (χ2n) is 4.37. The molecule has 21 heavy (non-hydrogen) atoms. The third-order valence-electron chi connectivity index (χ3n) is 2.86. The molecule has 0 saturated carbocycles. The van der Waals surface area contributed by atoms with Crippen LogP contribution in [0.1, 0.15) is 18.1 Å². The van der Waals surface area contributed by atoms with Gasteiger partial charge in [-0.1, -0.05) is 39.7 Å². The van der Waals surface area contributed by atoms with Crippen LogP contribution in [-0.4, -0.2) is 6.61 Å². The summed E-state index contributed by atoms with van der Waals surface area (Å²) >= 11 is 9.40. The molecule has 0 spiro atoms. The summed E-state index contributed by atoms with van der Waals surface area (Å²) in [7, 11) is 0. The lowest BCUT2D eigenvalue weighted by molar-refractivity contribution is 0.269. The number of alkyl halides is 1. The average molecular weight is 374 g/mol. The minimum Gasteiger partial charge on any atom is -0.490 e. The van der Waals surface area contributed by atoms with Crippen molar-refractivity contribution >= 4 is 27.5 Å². The van der Waals surface area contributed by atoms with Crippen LogP contribution in [0.5, 0.6) is 11.5 Å². The van der Waals surface area contributed by atoms with Gasteiger partial charge in [-0.2, -0.15) is 0 Å². The van der Waals surface area contributed by atoms with Gasteiger partial charge < -0.3 is 9.47 Å². The molecule has 112 valence electrons. The summed E-state index contributed by atoms with van der Waals surface area (Å²) in [5.74, 6) is 0.968. The molecule has 0 N–H and O–H groups in total. The molecule has 0 aliphatic carbocycles. The zero-order valence-corrected chi connectivity index (χ0v) is 13.9. The summed E-state index contributed by atoms with van der Waals surface area (Å²) in [6.07, 6.45) is 0. The number of hydrogen-bond acceptors (Lipinski definition) is 2. The van der Waals surface area contributed by atoms with Gasteiger partial charge in [-0.05, 0) is 36.8 Å². The van der Waals surface area contributed by atoms with Gasteiger partial charge in [0.25, 0.3) is 0 Å². The molecule has 0 atom stereocenters. The Morgan fingerprint density at radius 3 is 2.57 bits per heavy atom. The lowest BCUT2D eigenvalue weighted by atomic mass is 10.2. The second kappa shape index (κ2) is 7.66. The third-order valence-corrected chi connectivity index (χ3v) is 3.86. The van der Waals surface area contributed by atoms with Crippen LogP contribution in [-0.2, 0) is 11.9 Å². The Morgan fingerprint density at radius 2 is 1.90 bits per heavy atom. The minimum atomic E-state index is -0.361. The fourth-order valence-electron chi connectivity index (χ4n) is 1.82. The predicted octanol–water partition coefficient (Wildman–Crippen LogP) is 5.35. The van der Waals surface area contributed by atoms with Gasteiger partial charge >= 0.3 is 0 Å². The number of hydrogen-bond donors (Lipinski definition) is 0. The monoisotopic (exact) mass is 372 g/mol. The van der Waals surface area contributed by atoms with Crippen molar-refractivity contribution in [3.05, 3.63) is 58.4 Å². The zero-order valence-electron chi connectivity index (χ0n) is 11.5. The topological polar surface area (TPSA) is 18.5 Å². The summed E-state index contributed by atoms with van der Waals surface area (Å²) < 4.78 is 24.3. The number of benzene rings is 2. The van der Waals surface area contributed by atoms with E-state index in [9.17, 15) is 4.39 Å². The van der Waals surface area contributed by atoms with Gasteiger partial charge in [-0.15, -0.1) is 0 Å². The molecule has 0 amide bonds. The van der Waals surface area contributed by atoms with Crippen LogP contribution >= 0.6 is 27.5 Å². The summed E-state index contributed by atoms with van der Waals surface area (Å²) in [5, 5.41) is 1.10. The fraction of sp³-hybridized carbons (Fsp3) is 0.250. The number of halogens is 3. The van der Waals surface area contributed by atoms with E-state index in [1.54, 1.807) is 6.07 Å². The smallest absolute Gasteiger partial charge is 0.161 e. The number of rotatable bonds is 6. The molecule has 0 unspecified atom stereocenters. The molecule has 0 saturated heterocycles. The first kappa shape index (κ1) is 16.1. The fourth-order valence-corrected chi connectivity index (χ4v) is 2.39. The molecular weight excluding hydrogens is 359 g/mol. The highest BCUT2D eigenvalue weighted by atomic mass is 79.9. The molecule has 0 radical (unpaired) electrons. The van der Waals surface area contributed by atoms with Crippen LogP contribution in [0.3, 0.4) is 0 Å². The van der Waals surface area contributed by atoms with Gasteiger partial charge in [0.2, 0.25) is 0 Å². The first-order valence-corrected chi connectivity index (χ1v) is 8.02. The molecule has 2 rings (SSSR count). The summed E-state index contributed by atoms with van der Waals surface area (Å²) in [4.78, 5) is 0. The van der Waals surface area contributed by atoms with Crippen molar-refractivity contribution in [3.8, 4) is 11.5 Å². The first-order chi connectivity index (χ1) is 10.1. The van der Waals surface area contributed by atoms with E-state index in [4.69, 9.17) is 21.1 Å². The minimum absolute atomic E-state index is 0.257. The van der Waals surface area contributed by atoms with Crippen molar-refractivity contribution in [2.45, 2.75) is 18.9 Å². The van der Waals surface area contributed by atoms with Gasteiger partial charge in [0.05, 0.1) is 11.6 Å². The van der Waals surface area contributed by atoms with Crippen LogP contribution in [0.15, 0.2) is 36.4 Å². The van der Waals surface area contributed by atoms with Gasteiger partial charge in [0.1, 0.15) is 12.4 Å². The normalized spacial score (nSPS) is 10.5. The van der Waals surface area contributed by atoms with Gasteiger partial charge in [0.15, 0.2) is 11.5 Å². The standard InChI is InChI=1S/C16H15BrClFO2/c1-2-20-16-7-11(9-17)3-6-15(16)21-10-12-4-5-13(19)8-14(12)18/h3-8H,2,9-10H2,1H3. The predicted molar refractivity (Wildman–Crippen MR) is 86.0 cm³/mol. The van der Waals surface area contributed by atoms with E-state index in [1.165, 1.54) is 12.1 Å². The molecule has 0 aliphatic rings. The molecule has 0 aliphatic heterocycles. The van der Waals surface area contributed by atoms with E-state index in [0.29, 0.717) is 23.1 Å². The van der Waals surface area contributed by atoms with Crippen molar-refractivity contribution in [1.82, 2.24) is 0 Å². The van der Waals surface area contributed by atoms with Gasteiger partial charge in [0, 0.05) is 10.9 Å². The zero-order chi connectivity index (χ0) is 15.2. The molecule has 2 aromatic carbocycles. The summed E-state index contributed by atoms with van der Waals surface area (Å²) in [5.41, 5.74) is 1.83. The highest BCUT2D eigenvalue weighted by molar-refractivity contribution is 9.08. The van der Waals surface area contributed by atoms with Gasteiger partial charge in [-0.3, -0.25) is 0 Å². The highest BCUT2D eigenvalue weighted by Crippen LogP contribution is 2.30. The van der Waals surface area contributed by atoms with Crippen LogP contribution in [0.25, 0.3) is 0 Å². The van der Waals surface area contributed by atoms with E-state index in [-0.39, 0.29) is 12.4 Å². The second-order valence-corrected chi connectivity index (χ2v) is 5.34. The van der Waals surface area contributed by atoms with Crippen molar-refractivity contribution in [2.75, 3.05) is 6.61 Å². The Hall–Kier alpha value is -1.26. The molecule has 0 heterocycles. The highest BCUT2D eigenvalue weighted by Gasteiger charge is 2.08. The third kappa shape index (κ3) is 4.35. The molecule has 2 aromatic rings. The molecule has 0 aromatic heterocycles. The summed E-state index contributed by atoms with van der Waals surface area (Å²) in [6.45, 7) is 2.73. The largest absolute Gasteiger partial charge is 0.490 e.